The molecule has 0 heterocycles. The first-order chi connectivity index (χ1) is 5.99. The van der Waals surface area contributed by atoms with E-state index in [0.717, 1.165) is 0 Å². The van der Waals surface area contributed by atoms with Gasteiger partial charge in [-0.3, -0.25) is 0 Å². The number of nitrogens with zero attached hydrogens (tertiary/aromatic N) is 1. The van der Waals surface area contributed by atoms with Crippen molar-refractivity contribution in [1.82, 2.24) is 0 Å². The van der Waals surface area contributed by atoms with E-state index in [1.807, 2.05) is 0 Å². The van der Waals surface area contributed by atoms with Crippen molar-refractivity contribution in [2.24, 2.45) is 5.73 Å². The Morgan fingerprint density at radius 1 is 1.62 bits per heavy atom. The van der Waals surface area contributed by atoms with Gasteiger partial charge in [0.15, 0.2) is 0 Å². The third-order valence-electron chi connectivity index (χ3n) is 1.71. The van der Waals surface area contributed by atoms with Gasteiger partial charge in [-0.25, -0.2) is 4.39 Å². The molecule has 0 aliphatic rings. The van der Waals surface area contributed by atoms with E-state index >= 15 is 0 Å². The van der Waals surface area contributed by atoms with E-state index in [1.165, 1.54) is 25.1 Å². The summed E-state index contributed by atoms with van der Waals surface area (Å²) < 4.78 is 13.2. The van der Waals surface area contributed by atoms with Crippen LogP contribution in [-0.2, 0) is 5.54 Å². The molecule has 0 radical (unpaired) electrons. The highest BCUT2D eigenvalue weighted by molar-refractivity contribution is 6.31. The second-order valence-electron chi connectivity index (χ2n) is 2.91. The molecule has 0 amide bonds. The maximum Gasteiger partial charge on any atom is 0.131 e. The van der Waals surface area contributed by atoms with Gasteiger partial charge in [0.2, 0.25) is 0 Å². The van der Waals surface area contributed by atoms with Crippen molar-refractivity contribution in [3.8, 4) is 6.07 Å². The molecule has 0 saturated carbocycles. The van der Waals surface area contributed by atoms with E-state index < -0.39 is 11.4 Å². The summed E-state index contributed by atoms with van der Waals surface area (Å²) in [6.45, 7) is 1.41. The van der Waals surface area contributed by atoms with Gasteiger partial charge >= 0.3 is 0 Å². The van der Waals surface area contributed by atoms with E-state index in [9.17, 15) is 4.39 Å². The molecule has 1 aromatic rings. The molecule has 68 valence electrons. The topological polar surface area (TPSA) is 49.8 Å². The third kappa shape index (κ3) is 1.80. The highest BCUT2D eigenvalue weighted by atomic mass is 35.5. The first-order valence-electron chi connectivity index (χ1n) is 3.63. The van der Waals surface area contributed by atoms with Gasteiger partial charge in [0.05, 0.1) is 6.07 Å². The summed E-state index contributed by atoms with van der Waals surface area (Å²) in [6, 6.07) is 5.99. The lowest BCUT2D eigenvalue weighted by atomic mass is 9.94. The Bertz CT molecular complexity index is 348. The SMILES string of the molecule is CC(N)(C#N)c1c(F)cccc1Cl. The summed E-state index contributed by atoms with van der Waals surface area (Å²) in [5, 5.41) is 8.87. The minimum Gasteiger partial charge on any atom is -0.310 e. The predicted octanol–water partition coefficient (Wildman–Crippen LogP) is 2.18. The summed E-state index contributed by atoms with van der Waals surface area (Å²) in [5.74, 6) is -0.556. The van der Waals surface area contributed by atoms with Crippen molar-refractivity contribution in [2.45, 2.75) is 12.5 Å². The highest BCUT2D eigenvalue weighted by Gasteiger charge is 2.26. The van der Waals surface area contributed by atoms with E-state index in [4.69, 9.17) is 22.6 Å². The Morgan fingerprint density at radius 3 is 2.69 bits per heavy atom. The number of halogens is 2. The summed E-state index contributed by atoms with van der Waals surface area (Å²) in [7, 11) is 0. The minimum atomic E-state index is -1.39. The second-order valence-corrected chi connectivity index (χ2v) is 3.32. The zero-order chi connectivity index (χ0) is 10.1. The van der Waals surface area contributed by atoms with E-state index in [-0.39, 0.29) is 10.6 Å². The molecule has 4 heteroatoms. The molecular weight excluding hydrogens is 191 g/mol. The summed E-state index contributed by atoms with van der Waals surface area (Å²) in [6.07, 6.45) is 0. The van der Waals surface area contributed by atoms with E-state index in [1.54, 1.807) is 6.07 Å². The fourth-order valence-corrected chi connectivity index (χ4v) is 1.41. The molecule has 0 spiro atoms. The summed E-state index contributed by atoms with van der Waals surface area (Å²) in [5.41, 5.74) is 4.21. The number of hydrogen-bond acceptors (Lipinski definition) is 2. The Hall–Kier alpha value is -1.11. The van der Waals surface area contributed by atoms with Crippen LogP contribution >= 0.6 is 11.6 Å². The van der Waals surface area contributed by atoms with Crippen molar-refractivity contribution in [2.75, 3.05) is 0 Å². The molecule has 2 N–H and O–H groups in total. The van der Waals surface area contributed by atoms with Gasteiger partial charge in [-0.2, -0.15) is 5.26 Å². The fraction of sp³-hybridized carbons (Fsp3) is 0.222. The number of nitriles is 1. The first kappa shape index (κ1) is 9.97. The maximum atomic E-state index is 13.2. The van der Waals surface area contributed by atoms with Crippen LogP contribution < -0.4 is 5.73 Å². The summed E-state index contributed by atoms with van der Waals surface area (Å²) in [4.78, 5) is 0. The average molecular weight is 199 g/mol. The largest absolute Gasteiger partial charge is 0.310 e. The molecule has 0 bridgehead atoms. The van der Waals surface area contributed by atoms with E-state index in [0.29, 0.717) is 0 Å². The van der Waals surface area contributed by atoms with Gasteiger partial charge in [0.25, 0.3) is 0 Å². The van der Waals surface area contributed by atoms with Crippen LogP contribution in [0.1, 0.15) is 12.5 Å². The van der Waals surface area contributed by atoms with Gasteiger partial charge in [0.1, 0.15) is 11.4 Å². The Kier molecular flexibility index (Phi) is 2.55. The van der Waals surface area contributed by atoms with Gasteiger partial charge < -0.3 is 5.73 Å². The van der Waals surface area contributed by atoms with Gasteiger partial charge in [-0.1, -0.05) is 17.7 Å². The molecular formula is C9H8ClFN2. The lowest BCUT2D eigenvalue weighted by Crippen LogP contribution is -2.32. The first-order valence-corrected chi connectivity index (χ1v) is 4.01. The molecule has 1 rings (SSSR count). The lowest BCUT2D eigenvalue weighted by Gasteiger charge is -2.17. The highest BCUT2D eigenvalue weighted by Crippen LogP contribution is 2.27. The number of benzene rings is 1. The van der Waals surface area contributed by atoms with Crippen LogP contribution in [-0.4, -0.2) is 0 Å². The lowest BCUT2D eigenvalue weighted by molar-refractivity contribution is 0.551. The average Bonchev–Trinajstić information content (AvgIpc) is 2.03. The van der Waals surface area contributed by atoms with Crippen LogP contribution in [0.3, 0.4) is 0 Å². The summed E-state index contributed by atoms with van der Waals surface area (Å²) >= 11 is 5.72. The van der Waals surface area contributed by atoms with Crippen molar-refractivity contribution in [3.05, 3.63) is 34.6 Å². The third-order valence-corrected chi connectivity index (χ3v) is 2.03. The molecule has 0 aliphatic carbocycles. The van der Waals surface area contributed by atoms with Crippen LogP contribution in [0.25, 0.3) is 0 Å². The zero-order valence-corrected chi connectivity index (χ0v) is 7.77. The second kappa shape index (κ2) is 3.33. The standard InChI is InChI=1S/C9H8ClFN2/c1-9(13,5-12)8-6(10)3-2-4-7(8)11/h2-4H,13H2,1H3. The van der Waals surface area contributed by atoms with Crippen LogP contribution in [0.5, 0.6) is 0 Å². The minimum absolute atomic E-state index is 0.0409. The normalized spacial score (nSPS) is 14.7. The van der Waals surface area contributed by atoms with Gasteiger partial charge in [-0.05, 0) is 19.1 Å². The molecule has 0 aliphatic heterocycles. The number of nitrogens with two attached hydrogens (primary N) is 1. The Labute approximate surface area is 80.7 Å². The number of hydrogen-bond donors (Lipinski definition) is 1. The zero-order valence-electron chi connectivity index (χ0n) is 7.01. The Balaban J connectivity index is 3.38. The molecule has 1 aromatic carbocycles. The fourth-order valence-electron chi connectivity index (χ4n) is 1.05. The smallest absolute Gasteiger partial charge is 0.131 e. The van der Waals surface area contributed by atoms with Crippen molar-refractivity contribution in [3.63, 3.8) is 0 Å². The maximum absolute atomic E-state index is 13.2. The Morgan fingerprint density at radius 2 is 2.23 bits per heavy atom. The van der Waals surface area contributed by atoms with Crippen LogP contribution in [0, 0.1) is 17.1 Å². The quantitative estimate of drug-likeness (QED) is 0.752. The molecule has 13 heavy (non-hydrogen) atoms. The van der Waals surface area contributed by atoms with Crippen molar-refractivity contribution >= 4 is 11.6 Å². The van der Waals surface area contributed by atoms with Crippen LogP contribution in [0.4, 0.5) is 4.39 Å². The molecule has 1 atom stereocenters. The van der Waals surface area contributed by atoms with Gasteiger partial charge in [-0.15, -0.1) is 0 Å². The molecule has 0 saturated heterocycles. The monoisotopic (exact) mass is 198 g/mol. The molecule has 1 unspecified atom stereocenters. The van der Waals surface area contributed by atoms with Crippen LogP contribution in [0.15, 0.2) is 18.2 Å². The van der Waals surface area contributed by atoms with Crippen LogP contribution in [0.2, 0.25) is 5.02 Å². The molecule has 0 aromatic heterocycles. The van der Waals surface area contributed by atoms with Crippen molar-refractivity contribution in [1.29, 1.82) is 5.26 Å². The number of rotatable bonds is 1. The van der Waals surface area contributed by atoms with Crippen molar-refractivity contribution < 1.29 is 4.39 Å². The predicted molar refractivity (Wildman–Crippen MR) is 48.6 cm³/mol. The molecule has 0 fully saturated rings. The van der Waals surface area contributed by atoms with Gasteiger partial charge in [0, 0.05) is 10.6 Å². The molecule has 2 nitrogen and oxygen atoms in total. The van der Waals surface area contributed by atoms with E-state index in [2.05, 4.69) is 0 Å².